The zero-order chi connectivity index (χ0) is 19.8. The second-order valence-corrected chi connectivity index (χ2v) is 7.09. The number of carbonyl (C=O) groups is 1. The van der Waals surface area contributed by atoms with Crippen molar-refractivity contribution in [3.63, 3.8) is 0 Å². The molecule has 3 aromatic heterocycles. The Bertz CT molecular complexity index is 1200. The van der Waals surface area contributed by atoms with Crippen LogP contribution in [-0.4, -0.2) is 30.9 Å². The average molecular weight is 395 g/mol. The molecule has 0 aliphatic carbocycles. The summed E-state index contributed by atoms with van der Waals surface area (Å²) in [5, 5.41) is 13.0. The van der Waals surface area contributed by atoms with E-state index in [4.69, 9.17) is 16.6 Å². The molecule has 1 atom stereocenters. The Morgan fingerprint density at radius 2 is 2.11 bits per heavy atom. The molecule has 1 unspecified atom stereocenters. The van der Waals surface area contributed by atoms with E-state index in [-0.39, 0.29) is 16.9 Å². The summed E-state index contributed by atoms with van der Waals surface area (Å²) in [7, 11) is 0. The number of hydrogen-bond acceptors (Lipinski definition) is 6. The van der Waals surface area contributed by atoms with Gasteiger partial charge in [0.15, 0.2) is 11.9 Å². The van der Waals surface area contributed by atoms with Crippen LogP contribution in [0.1, 0.15) is 47.3 Å². The zero-order valence-corrected chi connectivity index (χ0v) is 16.5. The van der Waals surface area contributed by atoms with Gasteiger partial charge in [-0.05, 0) is 37.6 Å². The highest BCUT2D eigenvalue weighted by Gasteiger charge is 2.17. The Balaban J connectivity index is 1.87. The molecule has 1 N–H and O–H groups in total. The van der Waals surface area contributed by atoms with Gasteiger partial charge in [0.25, 0.3) is 0 Å². The van der Waals surface area contributed by atoms with Crippen molar-refractivity contribution < 1.29 is 4.79 Å². The minimum atomic E-state index is -0.119. The monoisotopic (exact) mass is 394 g/mol. The maximum atomic E-state index is 11.4. The predicted octanol–water partition coefficient (Wildman–Crippen LogP) is 4.18. The van der Waals surface area contributed by atoms with Gasteiger partial charge < -0.3 is 5.32 Å². The van der Waals surface area contributed by atoms with Gasteiger partial charge in [0.05, 0.1) is 17.2 Å². The van der Waals surface area contributed by atoms with Gasteiger partial charge in [0.1, 0.15) is 23.0 Å². The number of hydrogen-bond donors (Lipinski definition) is 1. The molecule has 4 rings (SSSR count). The van der Waals surface area contributed by atoms with Gasteiger partial charge in [-0.3, -0.25) is 9.20 Å². The van der Waals surface area contributed by atoms with Crippen LogP contribution in [0.3, 0.4) is 0 Å². The van der Waals surface area contributed by atoms with Gasteiger partial charge in [-0.15, -0.1) is 10.2 Å². The summed E-state index contributed by atoms with van der Waals surface area (Å²) < 4.78 is 1.93. The Morgan fingerprint density at radius 1 is 1.29 bits per heavy atom. The maximum absolute atomic E-state index is 11.4. The molecule has 0 fully saturated rings. The van der Waals surface area contributed by atoms with Crippen LogP contribution in [0.5, 0.6) is 0 Å². The van der Waals surface area contributed by atoms with E-state index in [1.165, 1.54) is 0 Å². The summed E-state index contributed by atoms with van der Waals surface area (Å²) in [5.74, 6) is 0.895. The number of aromatic nitrogens is 5. The van der Waals surface area contributed by atoms with Crippen LogP contribution in [0.2, 0.25) is 5.15 Å². The lowest BCUT2D eigenvalue weighted by molar-refractivity contribution is 0.112. The van der Waals surface area contributed by atoms with Crippen molar-refractivity contribution in [3.8, 4) is 0 Å². The van der Waals surface area contributed by atoms with E-state index in [0.29, 0.717) is 12.0 Å². The lowest BCUT2D eigenvalue weighted by Gasteiger charge is -2.19. The van der Waals surface area contributed by atoms with Crippen LogP contribution in [0, 0.1) is 6.92 Å². The van der Waals surface area contributed by atoms with E-state index in [2.05, 4.69) is 39.6 Å². The highest BCUT2D eigenvalue weighted by atomic mass is 35.5. The number of anilines is 1. The zero-order valence-electron chi connectivity index (χ0n) is 15.8. The fourth-order valence-electron chi connectivity index (χ4n) is 3.44. The second-order valence-electron chi connectivity index (χ2n) is 6.71. The molecule has 0 saturated heterocycles. The molecule has 0 saturated carbocycles. The third kappa shape index (κ3) is 3.07. The van der Waals surface area contributed by atoms with E-state index in [9.17, 15) is 4.79 Å². The fraction of sp³-hybridized carbons (Fsp3) is 0.250. The van der Waals surface area contributed by atoms with Crippen LogP contribution >= 0.6 is 11.6 Å². The lowest BCUT2D eigenvalue weighted by Crippen LogP contribution is -2.11. The fourth-order valence-corrected chi connectivity index (χ4v) is 3.60. The number of carbonyl (C=O) groups excluding carboxylic acids is 1. The molecule has 0 radical (unpaired) electrons. The quantitative estimate of drug-likeness (QED) is 0.403. The first-order chi connectivity index (χ1) is 13.5. The van der Waals surface area contributed by atoms with Gasteiger partial charge in [-0.25, -0.2) is 9.97 Å². The number of rotatable bonds is 5. The predicted molar refractivity (Wildman–Crippen MR) is 109 cm³/mol. The number of benzene rings is 1. The van der Waals surface area contributed by atoms with Crippen molar-refractivity contribution in [1.29, 1.82) is 0 Å². The molecule has 142 valence electrons. The van der Waals surface area contributed by atoms with Crippen LogP contribution < -0.4 is 5.32 Å². The SMILES string of the molecule is CCc1nc2c(C(C)Nc3ccc(Cl)nc3C=O)cc(C)cc2c2nncn12. The summed E-state index contributed by atoms with van der Waals surface area (Å²) >= 11 is 5.90. The molecule has 7 nitrogen and oxygen atoms in total. The summed E-state index contributed by atoms with van der Waals surface area (Å²) in [6, 6.07) is 7.47. The first kappa shape index (κ1) is 18.3. The minimum absolute atomic E-state index is 0.119. The lowest BCUT2D eigenvalue weighted by atomic mass is 10.0. The summed E-state index contributed by atoms with van der Waals surface area (Å²) in [6.45, 7) is 6.12. The first-order valence-corrected chi connectivity index (χ1v) is 9.40. The summed E-state index contributed by atoms with van der Waals surface area (Å²) in [4.78, 5) is 20.3. The van der Waals surface area contributed by atoms with Crippen LogP contribution in [-0.2, 0) is 6.42 Å². The van der Waals surface area contributed by atoms with Crippen molar-refractivity contribution >= 4 is 40.1 Å². The number of pyridine rings is 1. The van der Waals surface area contributed by atoms with Crippen LogP contribution in [0.4, 0.5) is 5.69 Å². The molecule has 0 aliphatic heterocycles. The van der Waals surface area contributed by atoms with Crippen molar-refractivity contribution in [3.05, 3.63) is 58.4 Å². The summed E-state index contributed by atoms with van der Waals surface area (Å²) in [5.41, 5.74) is 4.68. The standard InChI is InChI=1S/C20H19ClN6O/c1-4-18-25-19-13(7-11(2)8-14(19)20-26-22-10-27(18)20)12(3)23-15-5-6-17(21)24-16(15)9-28/h5-10,12,23H,4H2,1-3H3. The van der Waals surface area contributed by atoms with E-state index >= 15 is 0 Å². The Hall–Kier alpha value is -3.06. The molecule has 0 amide bonds. The van der Waals surface area contributed by atoms with Crippen molar-refractivity contribution in [2.24, 2.45) is 0 Å². The molecule has 0 bridgehead atoms. The largest absolute Gasteiger partial charge is 0.377 e. The topological polar surface area (TPSA) is 85.1 Å². The van der Waals surface area contributed by atoms with E-state index < -0.39 is 0 Å². The number of aryl methyl sites for hydroxylation is 2. The Morgan fingerprint density at radius 3 is 2.86 bits per heavy atom. The Kier molecular flexibility index (Phi) is 4.68. The molecule has 1 aromatic carbocycles. The third-order valence-electron chi connectivity index (χ3n) is 4.75. The van der Waals surface area contributed by atoms with Crippen molar-refractivity contribution in [1.82, 2.24) is 24.6 Å². The highest BCUT2D eigenvalue weighted by molar-refractivity contribution is 6.29. The number of aldehydes is 1. The van der Waals surface area contributed by atoms with Crippen LogP contribution in [0.15, 0.2) is 30.6 Å². The molecular weight excluding hydrogens is 376 g/mol. The smallest absolute Gasteiger partial charge is 0.171 e. The number of nitrogens with one attached hydrogen (secondary N) is 1. The molecule has 0 spiro atoms. The normalized spacial score (nSPS) is 12.4. The van der Waals surface area contributed by atoms with Gasteiger partial charge in [0, 0.05) is 17.4 Å². The average Bonchev–Trinajstić information content (AvgIpc) is 3.18. The number of fused-ring (bicyclic) bond motifs is 3. The first-order valence-electron chi connectivity index (χ1n) is 9.03. The number of halogens is 1. The van der Waals surface area contributed by atoms with E-state index in [1.54, 1.807) is 18.5 Å². The van der Waals surface area contributed by atoms with E-state index in [0.717, 1.165) is 39.9 Å². The molecule has 28 heavy (non-hydrogen) atoms. The Labute approximate surface area is 166 Å². The molecule has 8 heteroatoms. The summed E-state index contributed by atoms with van der Waals surface area (Å²) in [6.07, 6.45) is 3.15. The van der Waals surface area contributed by atoms with Gasteiger partial charge in [0.2, 0.25) is 0 Å². The molecule has 4 aromatic rings. The number of nitrogens with zero attached hydrogens (tertiary/aromatic N) is 5. The maximum Gasteiger partial charge on any atom is 0.171 e. The molecule has 3 heterocycles. The second kappa shape index (κ2) is 7.16. The van der Waals surface area contributed by atoms with Gasteiger partial charge in [-0.2, -0.15) is 0 Å². The van der Waals surface area contributed by atoms with Crippen molar-refractivity contribution in [2.45, 2.75) is 33.2 Å². The van der Waals surface area contributed by atoms with Gasteiger partial charge >= 0.3 is 0 Å². The minimum Gasteiger partial charge on any atom is -0.377 e. The molecular formula is C20H19ClN6O. The third-order valence-corrected chi connectivity index (χ3v) is 4.96. The van der Waals surface area contributed by atoms with Gasteiger partial charge in [-0.1, -0.05) is 24.6 Å². The molecule has 0 aliphatic rings. The highest BCUT2D eigenvalue weighted by Crippen LogP contribution is 2.30. The van der Waals surface area contributed by atoms with Crippen molar-refractivity contribution in [2.75, 3.05) is 5.32 Å². The van der Waals surface area contributed by atoms with Crippen LogP contribution in [0.25, 0.3) is 16.6 Å². The van der Waals surface area contributed by atoms with E-state index in [1.807, 2.05) is 18.2 Å².